The largest absolute Gasteiger partial charge is 0.382 e. The van der Waals surface area contributed by atoms with Gasteiger partial charge in [0.2, 0.25) is 0 Å². The second-order valence-corrected chi connectivity index (χ2v) is 4.54. The van der Waals surface area contributed by atoms with E-state index in [0.717, 1.165) is 17.8 Å². The predicted octanol–water partition coefficient (Wildman–Crippen LogP) is 2.22. The number of nitrogens with two attached hydrogens (primary N) is 1. The van der Waals surface area contributed by atoms with Crippen molar-refractivity contribution in [3.05, 3.63) is 42.0 Å². The Morgan fingerprint density at radius 1 is 1.11 bits per heavy atom. The van der Waals surface area contributed by atoms with Gasteiger partial charge >= 0.3 is 0 Å². The van der Waals surface area contributed by atoms with Gasteiger partial charge in [-0.3, -0.25) is 0 Å². The van der Waals surface area contributed by atoms with Gasteiger partial charge in [0.15, 0.2) is 0 Å². The maximum absolute atomic E-state index is 5.56. The van der Waals surface area contributed by atoms with Crippen LogP contribution in [0.25, 0.3) is 11.3 Å². The zero-order valence-corrected chi connectivity index (χ0v) is 10.7. The molecule has 2 aromatic rings. The Labute approximate surface area is 107 Å². The molecular formula is C14H18N4. The van der Waals surface area contributed by atoms with E-state index in [1.165, 1.54) is 5.56 Å². The van der Waals surface area contributed by atoms with E-state index in [9.17, 15) is 0 Å². The Bertz CT molecular complexity index is 505. The van der Waals surface area contributed by atoms with E-state index in [4.69, 9.17) is 5.73 Å². The lowest BCUT2D eigenvalue weighted by Gasteiger charge is -2.12. The summed E-state index contributed by atoms with van der Waals surface area (Å²) < 4.78 is 0. The Morgan fingerprint density at radius 3 is 2.56 bits per heavy atom. The second-order valence-electron chi connectivity index (χ2n) is 4.54. The van der Waals surface area contributed by atoms with Gasteiger partial charge in [0.25, 0.3) is 0 Å². The standard InChI is InChI=1S/C14H18N4/c1-10(2)16-9-11-5-3-4-6-12(11)13-7-8-14(15)18-17-13/h3-8,10,16H,9H2,1-2H3,(H2,15,18). The van der Waals surface area contributed by atoms with Gasteiger partial charge < -0.3 is 11.1 Å². The molecule has 3 N–H and O–H groups in total. The Kier molecular flexibility index (Phi) is 3.89. The van der Waals surface area contributed by atoms with E-state index in [1.54, 1.807) is 6.07 Å². The third kappa shape index (κ3) is 3.05. The van der Waals surface area contributed by atoms with Gasteiger partial charge in [-0.2, -0.15) is 0 Å². The van der Waals surface area contributed by atoms with Crippen molar-refractivity contribution in [2.45, 2.75) is 26.4 Å². The average molecular weight is 242 g/mol. The molecule has 0 radical (unpaired) electrons. The third-order valence-corrected chi connectivity index (χ3v) is 2.68. The number of rotatable bonds is 4. The van der Waals surface area contributed by atoms with Crippen molar-refractivity contribution >= 4 is 5.82 Å². The van der Waals surface area contributed by atoms with Crippen molar-refractivity contribution in [2.24, 2.45) is 0 Å². The van der Waals surface area contributed by atoms with Crippen molar-refractivity contribution < 1.29 is 0 Å². The molecule has 0 unspecified atom stereocenters. The lowest BCUT2D eigenvalue weighted by atomic mass is 10.0. The number of hydrogen-bond donors (Lipinski definition) is 2. The Morgan fingerprint density at radius 2 is 1.89 bits per heavy atom. The summed E-state index contributed by atoms with van der Waals surface area (Å²) in [6.07, 6.45) is 0. The van der Waals surface area contributed by atoms with Gasteiger partial charge in [-0.25, -0.2) is 0 Å². The molecule has 0 saturated heterocycles. The maximum Gasteiger partial charge on any atom is 0.146 e. The van der Waals surface area contributed by atoms with Gasteiger partial charge in [0.1, 0.15) is 5.82 Å². The Hall–Kier alpha value is -1.94. The van der Waals surface area contributed by atoms with Gasteiger partial charge in [-0.05, 0) is 17.7 Å². The minimum Gasteiger partial charge on any atom is -0.382 e. The van der Waals surface area contributed by atoms with Crippen LogP contribution in [0.5, 0.6) is 0 Å². The number of benzene rings is 1. The van der Waals surface area contributed by atoms with Crippen LogP contribution in [0.4, 0.5) is 5.82 Å². The number of aromatic nitrogens is 2. The molecule has 0 spiro atoms. The van der Waals surface area contributed by atoms with Gasteiger partial charge in [-0.15, -0.1) is 10.2 Å². The molecule has 0 saturated carbocycles. The maximum atomic E-state index is 5.56. The van der Waals surface area contributed by atoms with E-state index >= 15 is 0 Å². The number of nitrogen functional groups attached to an aromatic ring is 1. The highest BCUT2D eigenvalue weighted by molar-refractivity contribution is 5.63. The first-order valence-corrected chi connectivity index (χ1v) is 6.07. The zero-order valence-electron chi connectivity index (χ0n) is 10.7. The van der Waals surface area contributed by atoms with Crippen molar-refractivity contribution in [3.8, 4) is 11.3 Å². The average Bonchev–Trinajstić information content (AvgIpc) is 2.38. The molecule has 1 heterocycles. The number of anilines is 1. The molecule has 4 nitrogen and oxygen atoms in total. The molecule has 0 atom stereocenters. The monoisotopic (exact) mass is 242 g/mol. The molecule has 0 bridgehead atoms. The first-order valence-electron chi connectivity index (χ1n) is 6.07. The highest BCUT2D eigenvalue weighted by Gasteiger charge is 2.06. The molecule has 0 amide bonds. The summed E-state index contributed by atoms with van der Waals surface area (Å²) in [6.45, 7) is 5.08. The van der Waals surface area contributed by atoms with Crippen LogP contribution in [0.1, 0.15) is 19.4 Å². The van der Waals surface area contributed by atoms with Crippen LogP contribution in [-0.4, -0.2) is 16.2 Å². The van der Waals surface area contributed by atoms with Crippen LogP contribution in [0.3, 0.4) is 0 Å². The number of hydrogen-bond acceptors (Lipinski definition) is 4. The molecule has 94 valence electrons. The van der Waals surface area contributed by atoms with E-state index in [0.29, 0.717) is 11.9 Å². The quantitative estimate of drug-likeness (QED) is 0.863. The summed E-state index contributed by atoms with van der Waals surface area (Å²) in [5, 5.41) is 11.4. The molecule has 1 aromatic heterocycles. The number of nitrogens with one attached hydrogen (secondary N) is 1. The van der Waals surface area contributed by atoms with Gasteiger partial charge in [-0.1, -0.05) is 38.1 Å². The van der Waals surface area contributed by atoms with Crippen LogP contribution < -0.4 is 11.1 Å². The summed E-state index contributed by atoms with van der Waals surface area (Å²) in [6, 6.07) is 12.3. The molecular weight excluding hydrogens is 224 g/mol. The predicted molar refractivity (Wildman–Crippen MR) is 73.9 cm³/mol. The Balaban J connectivity index is 2.29. The van der Waals surface area contributed by atoms with Crippen LogP contribution in [0.2, 0.25) is 0 Å². The van der Waals surface area contributed by atoms with Crippen molar-refractivity contribution in [2.75, 3.05) is 5.73 Å². The fourth-order valence-corrected chi connectivity index (χ4v) is 1.72. The van der Waals surface area contributed by atoms with E-state index in [1.807, 2.05) is 18.2 Å². The highest BCUT2D eigenvalue weighted by atomic mass is 15.1. The first kappa shape index (κ1) is 12.5. The second kappa shape index (κ2) is 5.60. The topological polar surface area (TPSA) is 63.8 Å². The smallest absolute Gasteiger partial charge is 0.146 e. The lowest BCUT2D eigenvalue weighted by molar-refractivity contribution is 0.589. The molecule has 1 aromatic carbocycles. The van der Waals surface area contributed by atoms with Crippen LogP contribution in [0, 0.1) is 0 Å². The van der Waals surface area contributed by atoms with E-state index < -0.39 is 0 Å². The highest BCUT2D eigenvalue weighted by Crippen LogP contribution is 2.21. The minimum atomic E-state index is 0.441. The van der Waals surface area contributed by atoms with Crippen molar-refractivity contribution in [3.63, 3.8) is 0 Å². The SMILES string of the molecule is CC(C)NCc1ccccc1-c1ccc(N)nn1. The fourth-order valence-electron chi connectivity index (χ4n) is 1.72. The summed E-state index contributed by atoms with van der Waals surface area (Å²) in [4.78, 5) is 0. The molecule has 4 heteroatoms. The summed E-state index contributed by atoms with van der Waals surface area (Å²) in [5.41, 5.74) is 8.72. The fraction of sp³-hybridized carbons (Fsp3) is 0.286. The molecule has 0 aliphatic carbocycles. The summed E-state index contributed by atoms with van der Waals surface area (Å²) >= 11 is 0. The molecule has 2 rings (SSSR count). The summed E-state index contributed by atoms with van der Waals surface area (Å²) in [5.74, 6) is 0.441. The summed E-state index contributed by atoms with van der Waals surface area (Å²) in [7, 11) is 0. The van der Waals surface area contributed by atoms with E-state index in [2.05, 4.69) is 41.5 Å². The molecule has 0 aliphatic heterocycles. The van der Waals surface area contributed by atoms with Gasteiger partial charge in [0, 0.05) is 18.2 Å². The lowest BCUT2D eigenvalue weighted by Crippen LogP contribution is -2.22. The van der Waals surface area contributed by atoms with Crippen LogP contribution >= 0.6 is 0 Å². The zero-order chi connectivity index (χ0) is 13.0. The van der Waals surface area contributed by atoms with Crippen LogP contribution in [0.15, 0.2) is 36.4 Å². The first-order chi connectivity index (χ1) is 8.66. The molecule has 18 heavy (non-hydrogen) atoms. The van der Waals surface area contributed by atoms with Crippen LogP contribution in [-0.2, 0) is 6.54 Å². The third-order valence-electron chi connectivity index (χ3n) is 2.68. The molecule has 0 fully saturated rings. The normalized spacial score (nSPS) is 10.8. The molecule has 0 aliphatic rings. The number of nitrogens with zero attached hydrogens (tertiary/aromatic N) is 2. The minimum absolute atomic E-state index is 0.441. The van der Waals surface area contributed by atoms with Crippen molar-refractivity contribution in [1.82, 2.24) is 15.5 Å². The van der Waals surface area contributed by atoms with Crippen molar-refractivity contribution in [1.29, 1.82) is 0 Å². The van der Waals surface area contributed by atoms with E-state index in [-0.39, 0.29) is 0 Å². The van der Waals surface area contributed by atoms with Gasteiger partial charge in [0.05, 0.1) is 5.69 Å².